The highest BCUT2D eigenvalue weighted by Gasteiger charge is 2.81. The van der Waals surface area contributed by atoms with E-state index in [1.165, 1.54) is 30.3 Å². The zero-order chi connectivity index (χ0) is 18.1. The van der Waals surface area contributed by atoms with Crippen LogP contribution in [0.25, 0.3) is 0 Å². The third kappa shape index (κ3) is 3.73. The molecule has 0 bridgehead atoms. The van der Waals surface area contributed by atoms with Gasteiger partial charge in [-0.05, 0) is 12.0 Å². The van der Waals surface area contributed by atoms with Crippen molar-refractivity contribution >= 4 is 0 Å². The van der Waals surface area contributed by atoms with Gasteiger partial charge < -0.3 is 5.11 Å². The maximum atomic E-state index is 13.3. The van der Waals surface area contributed by atoms with E-state index in [0.717, 1.165) is 0 Å². The van der Waals surface area contributed by atoms with Gasteiger partial charge in [-0.15, -0.1) is 0 Å². The summed E-state index contributed by atoms with van der Waals surface area (Å²) in [4.78, 5) is 0. The first-order valence-electron chi connectivity index (χ1n) is 6.17. The van der Waals surface area contributed by atoms with Gasteiger partial charge in [0.05, 0.1) is 6.10 Å². The maximum absolute atomic E-state index is 13.3. The normalized spacial score (nSPS) is 15.6. The molecule has 0 spiro atoms. The Kier molecular flexibility index (Phi) is 5.30. The third-order valence-corrected chi connectivity index (χ3v) is 3.13. The average Bonchev–Trinajstić information content (AvgIpc) is 2.44. The molecular formula is C13H11F9O. The van der Waals surface area contributed by atoms with Crippen LogP contribution in [0.15, 0.2) is 30.3 Å². The average molecular weight is 354 g/mol. The standard InChI is InChI=1S/C13H11F9O/c14-10(15,11(16,17)12(18,19)13(20,21)22)7-6-9(23)8-4-2-1-3-5-8/h1-5,9,23H,6-7H2. The molecule has 0 saturated carbocycles. The van der Waals surface area contributed by atoms with Crippen molar-refractivity contribution in [2.45, 2.75) is 42.9 Å². The minimum atomic E-state index is -6.90. The minimum absolute atomic E-state index is 0.0363. The van der Waals surface area contributed by atoms with Crippen LogP contribution in [0.5, 0.6) is 0 Å². The van der Waals surface area contributed by atoms with Crippen LogP contribution in [0.4, 0.5) is 39.5 Å². The second kappa shape index (κ2) is 6.21. The van der Waals surface area contributed by atoms with Crippen LogP contribution in [0.3, 0.4) is 0 Å². The van der Waals surface area contributed by atoms with E-state index in [4.69, 9.17) is 0 Å². The summed E-state index contributed by atoms with van der Waals surface area (Å²) in [5.41, 5.74) is 0.0363. The first kappa shape index (κ1) is 19.6. The summed E-state index contributed by atoms with van der Waals surface area (Å²) in [5, 5.41) is 9.52. The topological polar surface area (TPSA) is 20.2 Å². The smallest absolute Gasteiger partial charge is 0.388 e. The van der Waals surface area contributed by atoms with Gasteiger partial charge in [-0.3, -0.25) is 0 Å². The predicted molar refractivity (Wildman–Crippen MR) is 61.5 cm³/mol. The van der Waals surface area contributed by atoms with Gasteiger partial charge in [0.1, 0.15) is 0 Å². The Morgan fingerprint density at radius 3 is 1.70 bits per heavy atom. The molecule has 1 aromatic rings. The van der Waals surface area contributed by atoms with Crippen molar-refractivity contribution < 1.29 is 44.6 Å². The van der Waals surface area contributed by atoms with Gasteiger partial charge in [0.2, 0.25) is 0 Å². The molecule has 1 nitrogen and oxygen atoms in total. The zero-order valence-electron chi connectivity index (χ0n) is 11.2. The lowest BCUT2D eigenvalue weighted by Crippen LogP contribution is -2.60. The molecule has 1 unspecified atom stereocenters. The second-order valence-corrected chi connectivity index (χ2v) is 4.82. The molecule has 1 atom stereocenters. The highest BCUT2D eigenvalue weighted by atomic mass is 19.4. The number of alkyl halides is 9. The summed E-state index contributed by atoms with van der Waals surface area (Å²) >= 11 is 0. The molecular weight excluding hydrogens is 343 g/mol. The van der Waals surface area contributed by atoms with E-state index in [2.05, 4.69) is 0 Å². The Hall–Kier alpha value is -1.45. The minimum Gasteiger partial charge on any atom is -0.388 e. The summed E-state index contributed by atoms with van der Waals surface area (Å²) in [6.45, 7) is 0. The molecule has 0 radical (unpaired) electrons. The first-order valence-corrected chi connectivity index (χ1v) is 6.17. The lowest BCUT2D eigenvalue weighted by molar-refractivity contribution is -0.397. The van der Waals surface area contributed by atoms with Crippen LogP contribution in [0, 0.1) is 0 Å². The van der Waals surface area contributed by atoms with Gasteiger partial charge in [0.25, 0.3) is 0 Å². The predicted octanol–water partition coefficient (Wildman–Crippen LogP) is 4.97. The largest absolute Gasteiger partial charge is 0.460 e. The first-order chi connectivity index (χ1) is 10.2. The molecule has 0 fully saturated rings. The van der Waals surface area contributed by atoms with Crippen molar-refractivity contribution in [2.75, 3.05) is 0 Å². The molecule has 1 rings (SSSR count). The van der Waals surface area contributed by atoms with Crippen LogP contribution < -0.4 is 0 Å². The second-order valence-electron chi connectivity index (χ2n) is 4.82. The number of rotatable bonds is 6. The monoisotopic (exact) mass is 354 g/mol. The maximum Gasteiger partial charge on any atom is 0.460 e. The fraction of sp³-hybridized carbons (Fsp3) is 0.538. The number of hydrogen-bond acceptors (Lipinski definition) is 1. The Balaban J connectivity index is 2.90. The van der Waals surface area contributed by atoms with Gasteiger partial charge in [-0.25, -0.2) is 0 Å². The molecule has 132 valence electrons. The summed E-state index contributed by atoms with van der Waals surface area (Å²) in [6.07, 6.45) is -11.7. The molecule has 0 heterocycles. The Morgan fingerprint density at radius 1 is 0.783 bits per heavy atom. The Labute approximate surface area is 124 Å². The SMILES string of the molecule is OC(CCC(F)(F)C(F)(F)C(F)(F)C(F)(F)F)c1ccccc1. The fourth-order valence-corrected chi connectivity index (χ4v) is 1.72. The Morgan fingerprint density at radius 2 is 1.26 bits per heavy atom. The van der Waals surface area contributed by atoms with Gasteiger partial charge in [-0.2, -0.15) is 39.5 Å². The number of halogens is 9. The van der Waals surface area contributed by atoms with Crippen molar-refractivity contribution in [3.05, 3.63) is 35.9 Å². The molecule has 0 aliphatic rings. The van der Waals surface area contributed by atoms with E-state index in [1.54, 1.807) is 0 Å². The molecule has 0 amide bonds. The van der Waals surface area contributed by atoms with Gasteiger partial charge in [-0.1, -0.05) is 30.3 Å². The van der Waals surface area contributed by atoms with E-state index >= 15 is 0 Å². The lowest BCUT2D eigenvalue weighted by Gasteiger charge is -2.34. The summed E-state index contributed by atoms with van der Waals surface area (Å²) in [5.74, 6) is -19.2. The van der Waals surface area contributed by atoms with Crippen molar-refractivity contribution in [3.8, 4) is 0 Å². The highest BCUT2D eigenvalue weighted by molar-refractivity contribution is 5.17. The van der Waals surface area contributed by atoms with E-state index in [1.807, 2.05) is 0 Å². The van der Waals surface area contributed by atoms with E-state index in [-0.39, 0.29) is 5.56 Å². The van der Waals surface area contributed by atoms with Gasteiger partial charge in [0.15, 0.2) is 0 Å². The number of aliphatic hydroxyl groups excluding tert-OH is 1. The van der Waals surface area contributed by atoms with Gasteiger partial charge in [0, 0.05) is 6.42 Å². The van der Waals surface area contributed by atoms with Crippen molar-refractivity contribution in [1.82, 2.24) is 0 Å². The van der Waals surface area contributed by atoms with E-state index in [0.29, 0.717) is 0 Å². The van der Waals surface area contributed by atoms with Crippen LogP contribution in [0.1, 0.15) is 24.5 Å². The number of hydrogen-bond donors (Lipinski definition) is 1. The van der Waals surface area contributed by atoms with Gasteiger partial charge >= 0.3 is 23.9 Å². The summed E-state index contributed by atoms with van der Waals surface area (Å²) in [7, 11) is 0. The summed E-state index contributed by atoms with van der Waals surface area (Å²) < 4.78 is 114. The number of aliphatic hydroxyl groups is 1. The molecule has 1 N–H and O–H groups in total. The van der Waals surface area contributed by atoms with E-state index < -0.39 is 42.9 Å². The fourth-order valence-electron chi connectivity index (χ4n) is 1.72. The van der Waals surface area contributed by atoms with E-state index in [9.17, 15) is 44.6 Å². The van der Waals surface area contributed by atoms with Crippen molar-refractivity contribution in [1.29, 1.82) is 0 Å². The van der Waals surface area contributed by atoms with Crippen LogP contribution in [-0.2, 0) is 0 Å². The number of benzene rings is 1. The Bertz CT molecular complexity index is 510. The lowest BCUT2D eigenvalue weighted by atomic mass is 9.96. The molecule has 0 aromatic heterocycles. The van der Waals surface area contributed by atoms with Crippen molar-refractivity contribution in [3.63, 3.8) is 0 Å². The highest BCUT2D eigenvalue weighted by Crippen LogP contribution is 2.54. The molecule has 0 aliphatic heterocycles. The quantitative estimate of drug-likeness (QED) is 0.716. The molecule has 0 saturated heterocycles. The van der Waals surface area contributed by atoms with Crippen LogP contribution in [-0.4, -0.2) is 29.1 Å². The van der Waals surface area contributed by atoms with Crippen LogP contribution in [0.2, 0.25) is 0 Å². The molecule has 23 heavy (non-hydrogen) atoms. The van der Waals surface area contributed by atoms with Crippen LogP contribution >= 0.6 is 0 Å². The molecule has 0 aliphatic carbocycles. The third-order valence-electron chi connectivity index (χ3n) is 3.13. The zero-order valence-corrected chi connectivity index (χ0v) is 11.2. The van der Waals surface area contributed by atoms with Crippen molar-refractivity contribution in [2.24, 2.45) is 0 Å². The molecule has 10 heteroatoms. The molecule has 1 aromatic carbocycles. The summed E-state index contributed by atoms with van der Waals surface area (Å²) in [6, 6.07) is 6.80.